The van der Waals surface area contributed by atoms with Gasteiger partial charge in [0.15, 0.2) is 0 Å². The molecule has 0 nitrogen and oxygen atoms in total. The Morgan fingerprint density at radius 2 is 0.667 bits per heavy atom. The lowest BCUT2D eigenvalue weighted by atomic mass is 9.77. The molecule has 3 aliphatic rings. The van der Waals surface area contributed by atoms with Crippen molar-refractivity contribution in [3.8, 4) is 0 Å². The molecule has 0 N–H and O–H groups in total. The number of hydrogen-bond donors (Lipinski definition) is 0. The second-order valence-corrected chi connectivity index (χ2v) is 13.3. The molecule has 3 aliphatic carbocycles. The molecule has 0 heteroatoms. The fourth-order valence-electron chi connectivity index (χ4n) is 7.45. The summed E-state index contributed by atoms with van der Waals surface area (Å²) in [4.78, 5) is 0. The summed E-state index contributed by atoms with van der Waals surface area (Å²) < 4.78 is 0. The smallest absolute Gasteiger partial charge is 0.0136 e. The Balaban J connectivity index is 0.000000136. The number of fused-ring (bicyclic) bond motifs is 3. The van der Waals surface area contributed by atoms with E-state index < -0.39 is 0 Å². The number of aryl methyl sites for hydroxylation is 3. The molecule has 0 aromatic heterocycles. The van der Waals surface area contributed by atoms with Gasteiger partial charge in [-0.05, 0) is 127 Å². The zero-order valence-corrected chi connectivity index (χ0v) is 25.8. The Morgan fingerprint density at radius 1 is 0.410 bits per heavy atom. The summed E-state index contributed by atoms with van der Waals surface area (Å²) in [5, 5.41) is 0. The molecule has 0 fully saturated rings. The second kappa shape index (κ2) is 14.3. The third kappa shape index (κ3) is 7.65. The highest BCUT2D eigenvalue weighted by Gasteiger charge is 2.23. The molecule has 0 amide bonds. The van der Waals surface area contributed by atoms with Gasteiger partial charge >= 0.3 is 0 Å². The minimum Gasteiger partial charge on any atom is -0.0622 e. The summed E-state index contributed by atoms with van der Waals surface area (Å²) in [5.74, 6) is 4.81. The lowest BCUT2D eigenvalue weighted by molar-refractivity contribution is 0.433. The van der Waals surface area contributed by atoms with Gasteiger partial charge in [0.05, 0.1) is 0 Å². The van der Waals surface area contributed by atoms with E-state index in [0.29, 0.717) is 0 Å². The topological polar surface area (TPSA) is 0 Å². The van der Waals surface area contributed by atoms with E-state index in [9.17, 15) is 0 Å². The number of benzene rings is 3. The van der Waals surface area contributed by atoms with Crippen molar-refractivity contribution >= 4 is 0 Å². The second-order valence-electron chi connectivity index (χ2n) is 13.3. The zero-order valence-electron chi connectivity index (χ0n) is 25.8. The highest BCUT2D eigenvalue weighted by Crippen LogP contribution is 2.38. The molecule has 1 unspecified atom stereocenters. The average Bonchev–Trinajstić information content (AvgIpc) is 2.96. The Labute approximate surface area is 240 Å². The van der Waals surface area contributed by atoms with Crippen molar-refractivity contribution in [1.29, 1.82) is 0 Å². The quantitative estimate of drug-likeness (QED) is 0.321. The average molecular weight is 523 g/mol. The summed E-state index contributed by atoms with van der Waals surface area (Å²) in [7, 11) is 0. The molecule has 0 heterocycles. The molecule has 0 aliphatic heterocycles. The van der Waals surface area contributed by atoms with Crippen molar-refractivity contribution in [1.82, 2.24) is 0 Å². The molecule has 0 radical (unpaired) electrons. The first-order valence-corrected chi connectivity index (χ1v) is 16.1. The SMILES string of the molecule is CC(C)C1CCCc2ccccc21.CC(C)[C@@H]1CCCc2ccccc21.CC(C)[C@H]1CCCc2ccccc21. The standard InChI is InChI=1S/3C13H18/c3*1-10(2)12-9-5-7-11-6-3-4-8-13(11)12/h3*3-4,6,8,10,12H,5,7,9H2,1-2H3/t2*12-;/m10./s1. The number of rotatable bonds is 3. The monoisotopic (exact) mass is 522 g/mol. The van der Waals surface area contributed by atoms with Crippen molar-refractivity contribution in [2.45, 2.75) is 117 Å². The van der Waals surface area contributed by atoms with E-state index >= 15 is 0 Å². The van der Waals surface area contributed by atoms with Crippen molar-refractivity contribution in [2.24, 2.45) is 17.8 Å². The van der Waals surface area contributed by atoms with E-state index in [2.05, 4.69) is 114 Å². The van der Waals surface area contributed by atoms with E-state index in [1.165, 1.54) is 57.8 Å². The van der Waals surface area contributed by atoms with Crippen LogP contribution in [0.2, 0.25) is 0 Å². The van der Waals surface area contributed by atoms with Crippen molar-refractivity contribution in [2.75, 3.05) is 0 Å². The van der Waals surface area contributed by atoms with Gasteiger partial charge in [-0.1, -0.05) is 114 Å². The van der Waals surface area contributed by atoms with Crippen molar-refractivity contribution in [3.05, 3.63) is 106 Å². The summed E-state index contributed by atoms with van der Waals surface area (Å²) >= 11 is 0. The number of hydrogen-bond acceptors (Lipinski definition) is 0. The highest BCUT2D eigenvalue weighted by molar-refractivity contribution is 5.34. The van der Waals surface area contributed by atoms with Gasteiger partial charge in [0, 0.05) is 0 Å². The van der Waals surface area contributed by atoms with Gasteiger partial charge in [-0.2, -0.15) is 0 Å². The third-order valence-corrected chi connectivity index (χ3v) is 9.66. The maximum absolute atomic E-state index is 2.34. The van der Waals surface area contributed by atoms with Crippen LogP contribution < -0.4 is 0 Å². The van der Waals surface area contributed by atoms with E-state index in [1.807, 2.05) is 0 Å². The molecule has 0 saturated heterocycles. The Bertz CT molecular complexity index is 1000. The predicted molar refractivity (Wildman–Crippen MR) is 171 cm³/mol. The molecular formula is C39H54. The first-order valence-electron chi connectivity index (χ1n) is 16.1. The largest absolute Gasteiger partial charge is 0.0622 e. The predicted octanol–water partition coefficient (Wildman–Crippen LogP) is 11.3. The van der Waals surface area contributed by atoms with Crippen LogP contribution in [-0.4, -0.2) is 0 Å². The van der Waals surface area contributed by atoms with E-state index in [0.717, 1.165) is 35.5 Å². The molecule has 3 aromatic carbocycles. The van der Waals surface area contributed by atoms with Gasteiger partial charge in [-0.25, -0.2) is 0 Å². The molecule has 210 valence electrons. The molecule has 6 rings (SSSR count). The van der Waals surface area contributed by atoms with Crippen LogP contribution in [0.1, 0.15) is 131 Å². The maximum atomic E-state index is 2.34. The fourth-order valence-corrected chi connectivity index (χ4v) is 7.45. The van der Waals surface area contributed by atoms with Crippen LogP contribution in [0.3, 0.4) is 0 Å². The molecule has 0 bridgehead atoms. The minimum atomic E-state index is 0.793. The van der Waals surface area contributed by atoms with Gasteiger partial charge in [0.25, 0.3) is 0 Å². The highest BCUT2D eigenvalue weighted by atomic mass is 14.3. The Kier molecular flexibility index (Phi) is 10.9. The summed E-state index contributed by atoms with van der Waals surface area (Å²) in [6.07, 6.45) is 12.1. The molecule has 3 atom stereocenters. The van der Waals surface area contributed by atoms with Crippen LogP contribution in [0.4, 0.5) is 0 Å². The normalized spacial score (nSPS) is 21.6. The van der Waals surface area contributed by atoms with Crippen LogP contribution in [-0.2, 0) is 19.3 Å². The van der Waals surface area contributed by atoms with Gasteiger partial charge in [0.2, 0.25) is 0 Å². The van der Waals surface area contributed by atoms with E-state index in [-0.39, 0.29) is 0 Å². The zero-order chi connectivity index (χ0) is 27.8. The van der Waals surface area contributed by atoms with Crippen molar-refractivity contribution in [3.63, 3.8) is 0 Å². The van der Waals surface area contributed by atoms with E-state index in [4.69, 9.17) is 0 Å². The first-order chi connectivity index (χ1) is 18.9. The summed E-state index contributed by atoms with van der Waals surface area (Å²) in [6, 6.07) is 26.9. The molecule has 3 aromatic rings. The van der Waals surface area contributed by atoms with Crippen LogP contribution >= 0.6 is 0 Å². The molecule has 39 heavy (non-hydrogen) atoms. The van der Waals surface area contributed by atoms with Crippen molar-refractivity contribution < 1.29 is 0 Å². The van der Waals surface area contributed by atoms with Gasteiger partial charge in [-0.15, -0.1) is 0 Å². The lowest BCUT2D eigenvalue weighted by Gasteiger charge is -2.28. The molecular weight excluding hydrogens is 468 g/mol. The third-order valence-electron chi connectivity index (χ3n) is 9.66. The van der Waals surface area contributed by atoms with Gasteiger partial charge in [-0.3, -0.25) is 0 Å². The van der Waals surface area contributed by atoms with Gasteiger partial charge in [0.1, 0.15) is 0 Å². The van der Waals surface area contributed by atoms with E-state index in [1.54, 1.807) is 33.4 Å². The minimum absolute atomic E-state index is 0.793. The van der Waals surface area contributed by atoms with Crippen LogP contribution in [0.5, 0.6) is 0 Å². The maximum Gasteiger partial charge on any atom is -0.0136 e. The van der Waals surface area contributed by atoms with Crippen LogP contribution in [0.25, 0.3) is 0 Å². The van der Waals surface area contributed by atoms with Crippen LogP contribution in [0.15, 0.2) is 72.8 Å². The lowest BCUT2D eigenvalue weighted by Crippen LogP contribution is -2.14. The summed E-state index contributed by atoms with van der Waals surface area (Å²) in [5.41, 5.74) is 9.61. The Hall–Kier alpha value is -2.34. The molecule has 0 saturated carbocycles. The van der Waals surface area contributed by atoms with Crippen LogP contribution in [0, 0.1) is 17.8 Å². The summed E-state index contributed by atoms with van der Waals surface area (Å²) in [6.45, 7) is 14.0. The fraction of sp³-hybridized carbons (Fsp3) is 0.538. The molecule has 0 spiro atoms. The first kappa shape index (κ1) is 29.6. The van der Waals surface area contributed by atoms with Gasteiger partial charge < -0.3 is 0 Å². The Morgan fingerprint density at radius 3 is 0.923 bits per heavy atom.